The Morgan fingerprint density at radius 3 is 2.67 bits per heavy atom. The quantitative estimate of drug-likeness (QED) is 0.359. The van der Waals surface area contributed by atoms with Crippen molar-refractivity contribution < 1.29 is 19.1 Å². The fraction of sp³-hybridized carbons (Fsp3) is 0.308. The van der Waals surface area contributed by atoms with Crippen LogP contribution in [0.2, 0.25) is 0 Å². The highest BCUT2D eigenvalue weighted by Crippen LogP contribution is 2.34. The smallest absolute Gasteiger partial charge is 0.404 e. The van der Waals surface area contributed by atoms with Crippen molar-refractivity contribution in [1.82, 2.24) is 9.97 Å². The Balaban J connectivity index is 1.62. The number of nitrogens with two attached hydrogens (primary N) is 1. The van der Waals surface area contributed by atoms with Crippen molar-refractivity contribution in [2.24, 2.45) is 5.73 Å². The van der Waals surface area contributed by atoms with Crippen molar-refractivity contribution in [1.29, 1.82) is 0 Å². The molecule has 1 aromatic heterocycles. The van der Waals surface area contributed by atoms with Crippen molar-refractivity contribution in [2.75, 3.05) is 42.8 Å². The van der Waals surface area contributed by atoms with E-state index in [2.05, 4.69) is 9.97 Å². The SMILES string of the molecule is CSc1ncc2c(n1)N(C)CCN(c1cccc(O[C@](C)(CCOC(N)=O)c3ccccc3)c1)C2=O. The number of ether oxygens (including phenoxy) is 2. The summed E-state index contributed by atoms with van der Waals surface area (Å²) in [4.78, 5) is 37.2. The maximum atomic E-state index is 13.5. The Kier molecular flexibility index (Phi) is 7.64. The monoisotopic (exact) mass is 507 g/mol. The Morgan fingerprint density at radius 2 is 1.94 bits per heavy atom. The fourth-order valence-electron chi connectivity index (χ4n) is 4.11. The van der Waals surface area contributed by atoms with Gasteiger partial charge in [0.15, 0.2) is 5.16 Å². The van der Waals surface area contributed by atoms with Crippen molar-refractivity contribution in [2.45, 2.75) is 24.1 Å². The summed E-state index contributed by atoms with van der Waals surface area (Å²) in [6.45, 7) is 3.13. The van der Waals surface area contributed by atoms with Crippen LogP contribution >= 0.6 is 11.8 Å². The van der Waals surface area contributed by atoms with Gasteiger partial charge in [-0.2, -0.15) is 0 Å². The zero-order chi connectivity index (χ0) is 25.7. The second kappa shape index (κ2) is 10.9. The summed E-state index contributed by atoms with van der Waals surface area (Å²) in [6, 6.07) is 17.1. The van der Waals surface area contributed by atoms with Crippen LogP contribution in [0.25, 0.3) is 0 Å². The molecule has 0 bridgehead atoms. The van der Waals surface area contributed by atoms with E-state index in [1.807, 2.05) is 79.7 Å². The molecule has 4 rings (SSSR count). The van der Waals surface area contributed by atoms with E-state index in [0.717, 1.165) is 5.56 Å². The average molecular weight is 508 g/mol. The van der Waals surface area contributed by atoms with E-state index in [1.165, 1.54) is 11.8 Å². The number of rotatable bonds is 8. The first-order chi connectivity index (χ1) is 17.3. The predicted octanol–water partition coefficient (Wildman–Crippen LogP) is 4.07. The number of amides is 2. The van der Waals surface area contributed by atoms with E-state index < -0.39 is 11.7 Å². The van der Waals surface area contributed by atoms with Crippen LogP contribution in [0.5, 0.6) is 5.75 Å². The van der Waals surface area contributed by atoms with Gasteiger partial charge in [-0.15, -0.1) is 0 Å². The van der Waals surface area contributed by atoms with Gasteiger partial charge in [0.2, 0.25) is 0 Å². The molecule has 0 spiro atoms. The van der Waals surface area contributed by atoms with Gasteiger partial charge in [0.05, 0.1) is 6.61 Å². The molecule has 1 aliphatic heterocycles. The standard InChI is InChI=1S/C26H29N5O4S/c1-26(12-15-34-24(27)33,18-8-5-4-6-9-18)35-20-11-7-10-19(16-20)31-14-13-30(2)22-21(23(31)32)17-28-25(29-22)36-3/h4-11,16-17H,12-15H2,1-3H3,(H2,27,33)/t26-/m1/s1. The molecule has 1 aliphatic rings. The summed E-state index contributed by atoms with van der Waals surface area (Å²) < 4.78 is 11.5. The van der Waals surface area contributed by atoms with E-state index in [-0.39, 0.29) is 12.5 Å². The van der Waals surface area contributed by atoms with Gasteiger partial charge in [0.25, 0.3) is 5.91 Å². The number of fused-ring (bicyclic) bond motifs is 1. The van der Waals surface area contributed by atoms with Crippen molar-refractivity contribution >= 4 is 35.3 Å². The number of thioether (sulfide) groups is 1. The lowest BCUT2D eigenvalue weighted by Gasteiger charge is -2.32. The Bertz CT molecular complexity index is 1240. The maximum absolute atomic E-state index is 13.5. The molecule has 0 fully saturated rings. The lowest BCUT2D eigenvalue weighted by atomic mass is 9.92. The van der Waals surface area contributed by atoms with E-state index in [0.29, 0.717) is 47.5 Å². The van der Waals surface area contributed by atoms with Gasteiger partial charge in [-0.3, -0.25) is 4.79 Å². The summed E-state index contributed by atoms with van der Waals surface area (Å²) in [5, 5.41) is 0.623. The number of primary amides is 1. The molecule has 9 nitrogen and oxygen atoms in total. The van der Waals surface area contributed by atoms with E-state index in [4.69, 9.17) is 15.2 Å². The van der Waals surface area contributed by atoms with Gasteiger partial charge in [0, 0.05) is 44.5 Å². The zero-order valence-corrected chi connectivity index (χ0v) is 21.3. The minimum Gasteiger partial charge on any atom is -0.483 e. The van der Waals surface area contributed by atoms with Gasteiger partial charge >= 0.3 is 6.09 Å². The molecule has 10 heteroatoms. The Hall–Kier alpha value is -3.79. The van der Waals surface area contributed by atoms with Gasteiger partial charge < -0.3 is 25.0 Å². The van der Waals surface area contributed by atoms with Crippen LogP contribution in [0.4, 0.5) is 16.3 Å². The highest BCUT2D eigenvalue weighted by molar-refractivity contribution is 7.98. The van der Waals surface area contributed by atoms with Crippen LogP contribution in [-0.4, -0.2) is 55.0 Å². The summed E-state index contributed by atoms with van der Waals surface area (Å²) >= 11 is 1.44. The number of aromatic nitrogens is 2. The zero-order valence-electron chi connectivity index (χ0n) is 20.5. The second-order valence-corrected chi connectivity index (χ2v) is 9.36. The largest absolute Gasteiger partial charge is 0.483 e. The van der Waals surface area contributed by atoms with Crippen LogP contribution < -0.4 is 20.3 Å². The molecular formula is C26H29N5O4S. The molecule has 0 saturated carbocycles. The molecular weight excluding hydrogens is 478 g/mol. The third-order valence-electron chi connectivity index (χ3n) is 6.11. The van der Waals surface area contributed by atoms with Crippen LogP contribution in [0, 0.1) is 0 Å². The van der Waals surface area contributed by atoms with E-state index in [9.17, 15) is 9.59 Å². The lowest BCUT2D eigenvalue weighted by Crippen LogP contribution is -2.34. The normalized spacial score (nSPS) is 15.0. The number of carbonyl (C=O) groups is 2. The minimum atomic E-state index is -0.828. The molecule has 3 aromatic rings. The number of hydrogen-bond donors (Lipinski definition) is 1. The van der Waals surface area contributed by atoms with Gasteiger partial charge in [-0.05, 0) is 30.9 Å². The molecule has 2 N–H and O–H groups in total. The molecule has 2 amide bonds. The van der Waals surface area contributed by atoms with Gasteiger partial charge in [-0.25, -0.2) is 14.8 Å². The fourth-order valence-corrected chi connectivity index (χ4v) is 4.45. The Morgan fingerprint density at radius 1 is 1.17 bits per heavy atom. The first-order valence-corrected chi connectivity index (χ1v) is 12.7. The molecule has 0 aliphatic carbocycles. The second-order valence-electron chi connectivity index (χ2n) is 8.59. The minimum absolute atomic E-state index is 0.103. The number of benzene rings is 2. The first-order valence-electron chi connectivity index (χ1n) is 11.5. The van der Waals surface area contributed by atoms with E-state index in [1.54, 1.807) is 11.1 Å². The molecule has 2 aromatic carbocycles. The molecule has 0 unspecified atom stereocenters. The van der Waals surface area contributed by atoms with Crippen molar-refractivity contribution in [3.05, 3.63) is 71.9 Å². The third kappa shape index (κ3) is 5.54. The van der Waals surface area contributed by atoms with Crippen LogP contribution in [0.1, 0.15) is 29.3 Å². The number of hydrogen-bond acceptors (Lipinski definition) is 8. The number of anilines is 2. The predicted molar refractivity (Wildman–Crippen MR) is 140 cm³/mol. The number of nitrogens with zero attached hydrogens (tertiary/aromatic N) is 4. The average Bonchev–Trinajstić information content (AvgIpc) is 3.00. The summed E-state index contributed by atoms with van der Waals surface area (Å²) in [7, 11) is 1.92. The molecule has 36 heavy (non-hydrogen) atoms. The molecule has 0 saturated heterocycles. The van der Waals surface area contributed by atoms with Crippen molar-refractivity contribution in [3.8, 4) is 5.75 Å². The highest BCUT2D eigenvalue weighted by Gasteiger charge is 2.31. The van der Waals surface area contributed by atoms with Crippen LogP contribution in [-0.2, 0) is 10.3 Å². The van der Waals surface area contributed by atoms with Gasteiger partial charge in [-0.1, -0.05) is 48.2 Å². The molecule has 0 radical (unpaired) electrons. The summed E-state index contributed by atoms with van der Waals surface area (Å²) in [5.74, 6) is 1.04. The van der Waals surface area contributed by atoms with Crippen LogP contribution in [0.15, 0.2) is 66.0 Å². The summed E-state index contributed by atoms with van der Waals surface area (Å²) in [5.41, 5.74) is 6.43. The van der Waals surface area contributed by atoms with Crippen molar-refractivity contribution in [3.63, 3.8) is 0 Å². The lowest BCUT2D eigenvalue weighted by molar-refractivity contribution is 0.0500. The third-order valence-corrected chi connectivity index (χ3v) is 6.67. The van der Waals surface area contributed by atoms with Crippen LogP contribution in [0.3, 0.4) is 0 Å². The first kappa shape index (κ1) is 25.3. The van der Waals surface area contributed by atoms with E-state index >= 15 is 0 Å². The number of carbonyl (C=O) groups excluding carboxylic acids is 2. The highest BCUT2D eigenvalue weighted by atomic mass is 32.2. The number of likely N-dealkylation sites (N-methyl/N-ethyl adjacent to an activating group) is 1. The topological polar surface area (TPSA) is 111 Å². The maximum Gasteiger partial charge on any atom is 0.404 e. The summed E-state index contributed by atoms with van der Waals surface area (Å²) in [6.07, 6.45) is 3.06. The molecule has 188 valence electrons. The molecule has 2 heterocycles. The molecule has 1 atom stereocenters. The van der Waals surface area contributed by atoms with Gasteiger partial charge in [0.1, 0.15) is 22.7 Å². The Labute approximate surface area is 214 Å².